The molecule has 2 aliphatic heterocycles. The molecular formula is C23H27BrFN3S. The summed E-state index contributed by atoms with van der Waals surface area (Å²) in [6.45, 7) is 3.67. The van der Waals surface area contributed by atoms with Gasteiger partial charge in [0.25, 0.3) is 0 Å². The summed E-state index contributed by atoms with van der Waals surface area (Å²) in [5.41, 5.74) is 2.52. The normalized spacial score (nSPS) is 20.9. The molecule has 0 saturated carbocycles. The van der Waals surface area contributed by atoms with Gasteiger partial charge < -0.3 is 10.2 Å². The predicted molar refractivity (Wildman–Crippen MR) is 122 cm³/mol. The second-order valence-electron chi connectivity index (χ2n) is 7.77. The largest absolute Gasteiger partial charge is 0.365 e. The van der Waals surface area contributed by atoms with E-state index in [2.05, 4.69) is 68.6 Å². The number of halogens is 2. The number of rotatable bonds is 7. The first kappa shape index (κ1) is 20.8. The highest BCUT2D eigenvalue weighted by molar-refractivity contribution is 9.11. The van der Waals surface area contributed by atoms with Gasteiger partial charge in [-0.2, -0.15) is 0 Å². The van der Waals surface area contributed by atoms with Crippen LogP contribution in [0, 0.1) is 5.82 Å². The molecule has 2 atom stereocenters. The Kier molecular flexibility index (Phi) is 6.85. The molecule has 1 aromatic carbocycles. The van der Waals surface area contributed by atoms with Gasteiger partial charge in [0.15, 0.2) is 0 Å². The van der Waals surface area contributed by atoms with Crippen molar-refractivity contribution in [3.63, 3.8) is 0 Å². The van der Waals surface area contributed by atoms with E-state index in [0.717, 1.165) is 35.5 Å². The van der Waals surface area contributed by atoms with E-state index in [1.807, 2.05) is 12.1 Å². The van der Waals surface area contributed by atoms with E-state index in [4.69, 9.17) is 0 Å². The van der Waals surface area contributed by atoms with Crippen molar-refractivity contribution in [2.75, 3.05) is 26.7 Å². The van der Waals surface area contributed by atoms with Crippen molar-refractivity contribution in [2.24, 2.45) is 0 Å². The van der Waals surface area contributed by atoms with Gasteiger partial charge in [-0.3, -0.25) is 4.90 Å². The minimum absolute atomic E-state index is 0.158. The minimum Gasteiger partial charge on any atom is -0.365 e. The van der Waals surface area contributed by atoms with Gasteiger partial charge in [0.2, 0.25) is 0 Å². The van der Waals surface area contributed by atoms with Crippen molar-refractivity contribution in [2.45, 2.75) is 31.5 Å². The highest BCUT2D eigenvalue weighted by Gasteiger charge is 2.27. The monoisotopic (exact) mass is 475 g/mol. The van der Waals surface area contributed by atoms with Crippen LogP contribution in [-0.2, 0) is 6.54 Å². The van der Waals surface area contributed by atoms with E-state index in [1.165, 1.54) is 23.3 Å². The van der Waals surface area contributed by atoms with E-state index < -0.39 is 0 Å². The van der Waals surface area contributed by atoms with Gasteiger partial charge in [-0.05, 0) is 77.8 Å². The third-order valence-electron chi connectivity index (χ3n) is 5.77. The van der Waals surface area contributed by atoms with Crippen molar-refractivity contribution in [3.05, 3.63) is 80.4 Å². The maximum atomic E-state index is 13.5. The van der Waals surface area contributed by atoms with Crippen molar-refractivity contribution in [3.8, 4) is 0 Å². The number of likely N-dealkylation sites (N-methyl/N-ethyl adjacent to an activating group) is 1. The van der Waals surface area contributed by atoms with Crippen molar-refractivity contribution in [1.29, 1.82) is 0 Å². The molecule has 3 heterocycles. The van der Waals surface area contributed by atoms with Crippen LogP contribution in [0.2, 0.25) is 0 Å². The summed E-state index contributed by atoms with van der Waals surface area (Å²) >= 11 is 5.28. The quantitative estimate of drug-likeness (QED) is 0.583. The molecule has 2 aliphatic rings. The maximum Gasteiger partial charge on any atom is 0.123 e. The van der Waals surface area contributed by atoms with Gasteiger partial charge >= 0.3 is 0 Å². The zero-order chi connectivity index (χ0) is 20.2. The second kappa shape index (κ2) is 9.56. The smallest absolute Gasteiger partial charge is 0.123 e. The fourth-order valence-corrected chi connectivity index (χ4v) is 5.69. The molecule has 1 saturated heterocycles. The standard InChI is InChI=1S/C23H27BrFN3S/c1-27-12-3-5-21(27)18-4-2-13-28(16-18)22(17-6-8-19(25)9-7-17)15-26-14-20-10-11-23(24)29-20/h2,4,6-11,16,21-22,26H,3,5,12-15H2,1H3/t21-,22?/m0/s1. The van der Waals surface area contributed by atoms with Crippen molar-refractivity contribution in [1.82, 2.24) is 15.1 Å². The average molecular weight is 476 g/mol. The first-order valence-electron chi connectivity index (χ1n) is 10.1. The van der Waals surface area contributed by atoms with E-state index in [0.29, 0.717) is 6.04 Å². The first-order chi connectivity index (χ1) is 14.1. The third kappa shape index (κ3) is 5.18. The van der Waals surface area contributed by atoms with Gasteiger partial charge in [0.05, 0.1) is 9.83 Å². The van der Waals surface area contributed by atoms with E-state index in [9.17, 15) is 4.39 Å². The lowest BCUT2D eigenvalue weighted by molar-refractivity contribution is 0.281. The third-order valence-corrected chi connectivity index (χ3v) is 7.39. The highest BCUT2D eigenvalue weighted by Crippen LogP contribution is 2.29. The Hall–Kier alpha value is -1.47. The molecule has 29 heavy (non-hydrogen) atoms. The maximum absolute atomic E-state index is 13.5. The van der Waals surface area contributed by atoms with Gasteiger partial charge in [-0.15, -0.1) is 11.3 Å². The number of hydrogen-bond donors (Lipinski definition) is 1. The van der Waals surface area contributed by atoms with Gasteiger partial charge in [0, 0.05) is 36.8 Å². The molecule has 0 aliphatic carbocycles. The van der Waals surface area contributed by atoms with Crippen LogP contribution >= 0.6 is 27.3 Å². The minimum atomic E-state index is -0.189. The molecule has 0 bridgehead atoms. The molecule has 6 heteroatoms. The van der Waals surface area contributed by atoms with Gasteiger partial charge in [-0.25, -0.2) is 4.39 Å². The van der Waals surface area contributed by atoms with Crippen LogP contribution < -0.4 is 5.32 Å². The predicted octanol–water partition coefficient (Wildman–Crippen LogP) is 5.33. The molecule has 1 aromatic heterocycles. The average Bonchev–Trinajstić information content (AvgIpc) is 3.34. The summed E-state index contributed by atoms with van der Waals surface area (Å²) in [7, 11) is 2.21. The highest BCUT2D eigenvalue weighted by atomic mass is 79.9. The molecule has 0 spiro atoms. The van der Waals surface area contributed by atoms with Crippen LogP contribution in [0.25, 0.3) is 0 Å². The molecular weight excluding hydrogens is 449 g/mol. The van der Waals surface area contributed by atoms with Crippen LogP contribution in [0.5, 0.6) is 0 Å². The summed E-state index contributed by atoms with van der Waals surface area (Å²) in [6.07, 6.45) is 9.33. The van der Waals surface area contributed by atoms with E-state index >= 15 is 0 Å². The summed E-state index contributed by atoms with van der Waals surface area (Å²) in [5.74, 6) is -0.189. The number of thiophene rings is 1. The summed E-state index contributed by atoms with van der Waals surface area (Å²) in [6, 6.07) is 11.8. The Morgan fingerprint density at radius 1 is 1.24 bits per heavy atom. The topological polar surface area (TPSA) is 18.5 Å². The Morgan fingerprint density at radius 3 is 2.76 bits per heavy atom. The summed E-state index contributed by atoms with van der Waals surface area (Å²) in [5, 5.41) is 3.61. The van der Waals surface area contributed by atoms with Crippen LogP contribution in [0.3, 0.4) is 0 Å². The number of hydrogen-bond acceptors (Lipinski definition) is 4. The van der Waals surface area contributed by atoms with Crippen LogP contribution in [0.15, 0.2) is 64.1 Å². The zero-order valence-corrected chi connectivity index (χ0v) is 19.1. The number of benzene rings is 1. The summed E-state index contributed by atoms with van der Waals surface area (Å²) < 4.78 is 14.7. The molecule has 3 nitrogen and oxygen atoms in total. The molecule has 4 rings (SSSR count). The fraction of sp³-hybridized carbons (Fsp3) is 0.391. The zero-order valence-electron chi connectivity index (χ0n) is 16.7. The van der Waals surface area contributed by atoms with Crippen molar-refractivity contribution < 1.29 is 4.39 Å². The van der Waals surface area contributed by atoms with Crippen molar-refractivity contribution >= 4 is 27.3 Å². The SMILES string of the molecule is CN1CCC[C@H]1C1=CN(C(CNCc2ccc(Br)s2)c2ccc(F)cc2)CC=C1. The number of nitrogens with one attached hydrogen (secondary N) is 1. The van der Waals surface area contributed by atoms with Gasteiger partial charge in [0.1, 0.15) is 5.82 Å². The van der Waals surface area contributed by atoms with E-state index in [1.54, 1.807) is 23.5 Å². The molecule has 0 amide bonds. The van der Waals surface area contributed by atoms with Gasteiger partial charge in [-0.1, -0.05) is 24.3 Å². The Balaban J connectivity index is 1.51. The number of likely N-dealkylation sites (tertiary alicyclic amines) is 1. The lowest BCUT2D eigenvalue weighted by atomic mass is 10.00. The molecule has 0 radical (unpaired) electrons. The molecule has 1 fully saturated rings. The molecule has 1 unspecified atom stereocenters. The number of nitrogens with zero attached hydrogens (tertiary/aromatic N) is 2. The lowest BCUT2D eigenvalue weighted by Gasteiger charge is -2.35. The van der Waals surface area contributed by atoms with Crippen LogP contribution in [-0.4, -0.2) is 42.5 Å². The second-order valence-corrected chi connectivity index (χ2v) is 10.3. The van der Waals surface area contributed by atoms with Crippen LogP contribution in [0.4, 0.5) is 4.39 Å². The summed E-state index contributed by atoms with van der Waals surface area (Å²) in [4.78, 5) is 6.14. The Morgan fingerprint density at radius 2 is 2.07 bits per heavy atom. The Bertz CT molecular complexity index is 877. The molecule has 2 aromatic rings. The lowest BCUT2D eigenvalue weighted by Crippen LogP contribution is -2.36. The van der Waals surface area contributed by atoms with Crippen LogP contribution in [0.1, 0.15) is 29.3 Å². The first-order valence-corrected chi connectivity index (χ1v) is 11.8. The fourth-order valence-electron chi connectivity index (χ4n) is 4.23. The van der Waals surface area contributed by atoms with E-state index in [-0.39, 0.29) is 11.9 Å². The molecule has 1 N–H and O–H groups in total. The Labute approximate surface area is 185 Å². The molecule has 154 valence electrons.